The van der Waals surface area contributed by atoms with E-state index in [1.165, 1.54) is 0 Å². The predicted molar refractivity (Wildman–Crippen MR) is 60.9 cm³/mol. The Balaban J connectivity index is 2.47. The molecule has 84 valence electrons. The molecule has 1 aromatic rings. The third-order valence-corrected chi connectivity index (χ3v) is 2.93. The molecule has 2 N–H and O–H groups in total. The van der Waals surface area contributed by atoms with E-state index in [4.69, 9.17) is 5.73 Å². The Morgan fingerprint density at radius 2 is 2.19 bits per heavy atom. The van der Waals surface area contributed by atoms with Crippen LogP contribution in [0.25, 0.3) is 0 Å². The minimum Gasteiger partial charge on any atom is -0.369 e. The first kappa shape index (κ1) is 10.7. The Kier molecular flexibility index (Phi) is 2.64. The highest BCUT2D eigenvalue weighted by Crippen LogP contribution is 2.29. The van der Waals surface area contributed by atoms with Gasteiger partial charge in [-0.3, -0.25) is 9.59 Å². The summed E-state index contributed by atoms with van der Waals surface area (Å²) in [6.07, 6.45) is 0.417. The van der Waals surface area contributed by atoms with Gasteiger partial charge < -0.3 is 10.6 Å². The van der Waals surface area contributed by atoms with Crippen molar-refractivity contribution in [3.63, 3.8) is 0 Å². The fraction of sp³-hybridized carbons (Fsp3) is 0.333. The van der Waals surface area contributed by atoms with Crippen molar-refractivity contribution in [3.05, 3.63) is 29.8 Å². The number of anilines is 1. The second-order valence-corrected chi connectivity index (χ2v) is 3.87. The normalized spacial score (nSPS) is 19.4. The van der Waals surface area contributed by atoms with Gasteiger partial charge in [-0.1, -0.05) is 18.2 Å². The van der Waals surface area contributed by atoms with Gasteiger partial charge in [0.25, 0.3) is 0 Å². The van der Waals surface area contributed by atoms with Gasteiger partial charge in [0.15, 0.2) is 0 Å². The summed E-state index contributed by atoms with van der Waals surface area (Å²) in [5.74, 6) is -1.44. The molecule has 0 aromatic heterocycles. The summed E-state index contributed by atoms with van der Waals surface area (Å²) in [7, 11) is 0. The molecule has 1 heterocycles. The van der Waals surface area contributed by atoms with Crippen LogP contribution in [-0.2, 0) is 16.0 Å². The molecule has 0 aliphatic carbocycles. The fourth-order valence-corrected chi connectivity index (χ4v) is 2.11. The van der Waals surface area contributed by atoms with Gasteiger partial charge in [-0.05, 0) is 25.0 Å². The molecule has 0 fully saturated rings. The van der Waals surface area contributed by atoms with Crippen LogP contribution < -0.4 is 10.6 Å². The molecule has 0 saturated carbocycles. The second kappa shape index (κ2) is 3.96. The number of benzene rings is 1. The number of para-hydroxylation sites is 1. The second-order valence-electron chi connectivity index (χ2n) is 3.87. The van der Waals surface area contributed by atoms with E-state index in [0.29, 0.717) is 13.0 Å². The zero-order chi connectivity index (χ0) is 11.7. The van der Waals surface area contributed by atoms with Gasteiger partial charge in [-0.25, -0.2) is 0 Å². The summed E-state index contributed by atoms with van der Waals surface area (Å²) < 4.78 is 0. The molecule has 0 radical (unpaired) electrons. The lowest BCUT2D eigenvalue weighted by Crippen LogP contribution is -2.46. The molecule has 0 spiro atoms. The minimum atomic E-state index is -0.713. The van der Waals surface area contributed by atoms with Crippen LogP contribution in [0, 0.1) is 5.92 Å². The number of primary amides is 1. The molecule has 16 heavy (non-hydrogen) atoms. The maximum absolute atomic E-state index is 12.0. The average Bonchev–Trinajstić information content (AvgIpc) is 2.28. The summed E-state index contributed by atoms with van der Waals surface area (Å²) in [6.45, 7) is 2.44. The first-order valence-corrected chi connectivity index (χ1v) is 5.33. The summed E-state index contributed by atoms with van der Waals surface area (Å²) in [5, 5.41) is 0. The smallest absolute Gasteiger partial charge is 0.239 e. The summed E-state index contributed by atoms with van der Waals surface area (Å²) >= 11 is 0. The lowest BCUT2D eigenvalue weighted by Gasteiger charge is -2.32. The number of nitrogens with zero attached hydrogens (tertiary/aromatic N) is 1. The van der Waals surface area contributed by atoms with E-state index < -0.39 is 11.8 Å². The Morgan fingerprint density at radius 3 is 2.81 bits per heavy atom. The molecular formula is C12H14N2O2. The van der Waals surface area contributed by atoms with Crippen LogP contribution in [-0.4, -0.2) is 18.4 Å². The van der Waals surface area contributed by atoms with Crippen LogP contribution in [0.5, 0.6) is 0 Å². The third kappa shape index (κ3) is 1.56. The molecule has 1 aliphatic heterocycles. The molecule has 4 heteroatoms. The van der Waals surface area contributed by atoms with Crippen LogP contribution in [0.4, 0.5) is 5.69 Å². The molecule has 1 unspecified atom stereocenters. The van der Waals surface area contributed by atoms with Crippen molar-refractivity contribution in [1.29, 1.82) is 0 Å². The number of hydrogen-bond acceptors (Lipinski definition) is 2. The Labute approximate surface area is 94.0 Å². The molecule has 0 bridgehead atoms. The monoisotopic (exact) mass is 218 g/mol. The maximum atomic E-state index is 12.0. The largest absolute Gasteiger partial charge is 0.369 e. The summed E-state index contributed by atoms with van der Waals surface area (Å²) in [6, 6.07) is 7.62. The van der Waals surface area contributed by atoms with Gasteiger partial charge >= 0.3 is 0 Å². The van der Waals surface area contributed by atoms with Gasteiger partial charge in [-0.15, -0.1) is 0 Å². The molecule has 1 aliphatic rings. The van der Waals surface area contributed by atoms with E-state index in [2.05, 4.69) is 0 Å². The van der Waals surface area contributed by atoms with E-state index in [1.807, 2.05) is 31.2 Å². The lowest BCUT2D eigenvalue weighted by molar-refractivity contribution is -0.132. The number of rotatable bonds is 2. The number of hydrogen-bond donors (Lipinski definition) is 1. The van der Waals surface area contributed by atoms with Crippen LogP contribution >= 0.6 is 0 Å². The van der Waals surface area contributed by atoms with Crippen LogP contribution in [0.15, 0.2) is 24.3 Å². The van der Waals surface area contributed by atoms with Crippen LogP contribution in [0.2, 0.25) is 0 Å². The zero-order valence-corrected chi connectivity index (χ0v) is 9.14. The van der Waals surface area contributed by atoms with E-state index in [0.717, 1.165) is 11.3 Å². The van der Waals surface area contributed by atoms with E-state index in [9.17, 15) is 9.59 Å². The number of amides is 2. The molecule has 2 amide bonds. The van der Waals surface area contributed by atoms with Crippen molar-refractivity contribution in [2.45, 2.75) is 13.3 Å². The fourth-order valence-electron chi connectivity index (χ4n) is 2.11. The Bertz CT molecular complexity index is 442. The SMILES string of the molecule is CCN1C(=O)C(C(N)=O)Cc2ccccc21. The highest BCUT2D eigenvalue weighted by molar-refractivity contribution is 6.09. The quantitative estimate of drug-likeness (QED) is 0.742. The van der Waals surface area contributed by atoms with Gasteiger partial charge in [0, 0.05) is 12.2 Å². The van der Waals surface area contributed by atoms with Gasteiger partial charge in [-0.2, -0.15) is 0 Å². The molecular weight excluding hydrogens is 204 g/mol. The Morgan fingerprint density at radius 1 is 1.50 bits per heavy atom. The number of fused-ring (bicyclic) bond motifs is 1. The molecule has 4 nitrogen and oxygen atoms in total. The number of carbonyl (C=O) groups excluding carboxylic acids is 2. The van der Waals surface area contributed by atoms with Crippen molar-refractivity contribution in [1.82, 2.24) is 0 Å². The van der Waals surface area contributed by atoms with Crippen molar-refractivity contribution in [3.8, 4) is 0 Å². The zero-order valence-electron chi connectivity index (χ0n) is 9.14. The van der Waals surface area contributed by atoms with Crippen LogP contribution in [0.1, 0.15) is 12.5 Å². The summed E-state index contributed by atoms with van der Waals surface area (Å²) in [5.41, 5.74) is 7.15. The van der Waals surface area contributed by atoms with E-state index >= 15 is 0 Å². The maximum Gasteiger partial charge on any atom is 0.239 e. The van der Waals surface area contributed by atoms with E-state index in [-0.39, 0.29) is 5.91 Å². The molecule has 1 aromatic carbocycles. The van der Waals surface area contributed by atoms with Crippen molar-refractivity contribution < 1.29 is 9.59 Å². The lowest BCUT2D eigenvalue weighted by atomic mass is 9.91. The highest BCUT2D eigenvalue weighted by atomic mass is 16.2. The first-order valence-electron chi connectivity index (χ1n) is 5.33. The molecule has 1 atom stereocenters. The Hall–Kier alpha value is -1.84. The van der Waals surface area contributed by atoms with Crippen LogP contribution in [0.3, 0.4) is 0 Å². The van der Waals surface area contributed by atoms with E-state index in [1.54, 1.807) is 4.90 Å². The van der Waals surface area contributed by atoms with Crippen molar-refractivity contribution in [2.24, 2.45) is 11.7 Å². The first-order chi connectivity index (χ1) is 7.65. The highest BCUT2D eigenvalue weighted by Gasteiger charge is 2.35. The standard InChI is InChI=1S/C12H14N2O2/c1-2-14-10-6-4-3-5-8(10)7-9(11(13)15)12(14)16/h3-6,9H,2,7H2,1H3,(H2,13,15). The summed E-state index contributed by atoms with van der Waals surface area (Å²) in [4.78, 5) is 24.8. The van der Waals surface area contributed by atoms with Gasteiger partial charge in [0.05, 0.1) is 0 Å². The van der Waals surface area contributed by atoms with Gasteiger partial charge in [0.2, 0.25) is 11.8 Å². The minimum absolute atomic E-state index is 0.186. The van der Waals surface area contributed by atoms with Crippen molar-refractivity contribution in [2.75, 3.05) is 11.4 Å². The predicted octanol–water partition coefficient (Wildman–Crippen LogP) is 0.697. The average molecular weight is 218 g/mol. The number of nitrogens with two attached hydrogens (primary N) is 1. The number of carbonyl (C=O) groups is 2. The third-order valence-electron chi connectivity index (χ3n) is 2.93. The van der Waals surface area contributed by atoms with Gasteiger partial charge in [0.1, 0.15) is 5.92 Å². The molecule has 0 saturated heterocycles. The molecule has 2 rings (SSSR count). The van der Waals surface area contributed by atoms with Crippen molar-refractivity contribution >= 4 is 17.5 Å². The topological polar surface area (TPSA) is 63.4 Å².